The molecule has 0 bridgehead atoms. The minimum absolute atomic E-state index is 0.194. The Morgan fingerprint density at radius 3 is 2.53 bits per heavy atom. The minimum atomic E-state index is -4.20. The summed E-state index contributed by atoms with van der Waals surface area (Å²) in [5, 5.41) is 3.16. The monoisotopic (exact) mass is 282 g/mol. The van der Waals surface area contributed by atoms with Crippen molar-refractivity contribution in [3.63, 3.8) is 0 Å². The van der Waals surface area contributed by atoms with Crippen molar-refractivity contribution < 1.29 is 17.9 Å². The Morgan fingerprint density at radius 1 is 1.26 bits per heavy atom. The smallest absolute Gasteiger partial charge is 0.372 e. The second kappa shape index (κ2) is 8.76. The summed E-state index contributed by atoms with van der Waals surface area (Å²) in [5.74, 6) is 0.796. The van der Waals surface area contributed by atoms with Gasteiger partial charge in [0, 0.05) is 13.2 Å². The van der Waals surface area contributed by atoms with Crippen molar-refractivity contribution in [2.24, 2.45) is 5.92 Å². The van der Waals surface area contributed by atoms with Gasteiger partial charge in [0.05, 0.1) is 0 Å². The van der Waals surface area contributed by atoms with Gasteiger partial charge in [-0.3, -0.25) is 0 Å². The molecule has 0 saturated carbocycles. The number of nitrogens with zero attached hydrogens (tertiary/aromatic N) is 1. The van der Waals surface area contributed by atoms with E-state index in [2.05, 4.69) is 15.0 Å². The fraction of sp³-hybridized carbons (Fsp3) is 1.00. The zero-order valence-corrected chi connectivity index (χ0v) is 11.6. The highest BCUT2D eigenvalue weighted by Crippen LogP contribution is 2.20. The van der Waals surface area contributed by atoms with Crippen LogP contribution in [-0.4, -0.2) is 57.5 Å². The Morgan fingerprint density at radius 2 is 1.95 bits per heavy atom. The molecule has 3 nitrogen and oxygen atoms in total. The molecule has 114 valence electrons. The van der Waals surface area contributed by atoms with E-state index in [1.807, 2.05) is 7.05 Å². The van der Waals surface area contributed by atoms with Gasteiger partial charge in [0.1, 0.15) is 6.61 Å². The molecule has 0 aromatic heterocycles. The predicted molar refractivity (Wildman–Crippen MR) is 69.2 cm³/mol. The Balaban J connectivity index is 1.97. The number of piperidine rings is 1. The van der Waals surface area contributed by atoms with Gasteiger partial charge in [-0.15, -0.1) is 0 Å². The van der Waals surface area contributed by atoms with Crippen molar-refractivity contribution in [3.05, 3.63) is 0 Å². The van der Waals surface area contributed by atoms with Crippen molar-refractivity contribution in [1.29, 1.82) is 0 Å². The largest absolute Gasteiger partial charge is 0.411 e. The van der Waals surface area contributed by atoms with E-state index in [0.29, 0.717) is 6.42 Å². The Hall–Kier alpha value is -0.330. The van der Waals surface area contributed by atoms with Crippen molar-refractivity contribution in [3.8, 4) is 0 Å². The number of alkyl halides is 3. The fourth-order valence-electron chi connectivity index (χ4n) is 2.43. The van der Waals surface area contributed by atoms with E-state index < -0.39 is 12.8 Å². The first kappa shape index (κ1) is 16.7. The van der Waals surface area contributed by atoms with Gasteiger partial charge in [-0.1, -0.05) is 0 Å². The molecule has 1 fully saturated rings. The third kappa shape index (κ3) is 8.44. The minimum Gasteiger partial charge on any atom is -0.372 e. The van der Waals surface area contributed by atoms with Crippen LogP contribution in [0, 0.1) is 5.92 Å². The molecule has 1 aliphatic heterocycles. The molecule has 6 heteroatoms. The van der Waals surface area contributed by atoms with Crippen molar-refractivity contribution in [2.75, 3.05) is 46.4 Å². The summed E-state index contributed by atoms with van der Waals surface area (Å²) < 4.78 is 40.1. The number of likely N-dealkylation sites (tertiary alicyclic amines) is 1. The van der Waals surface area contributed by atoms with Gasteiger partial charge in [0.15, 0.2) is 0 Å². The highest BCUT2D eigenvalue weighted by atomic mass is 19.4. The molecule has 0 radical (unpaired) electrons. The second-order valence-electron chi connectivity index (χ2n) is 5.20. The van der Waals surface area contributed by atoms with Crippen LogP contribution in [0.5, 0.6) is 0 Å². The Labute approximate surface area is 113 Å². The molecule has 0 unspecified atom stereocenters. The first-order valence-corrected chi connectivity index (χ1v) is 7.02. The van der Waals surface area contributed by atoms with Crippen molar-refractivity contribution in [2.45, 2.75) is 31.9 Å². The van der Waals surface area contributed by atoms with Crippen LogP contribution >= 0.6 is 0 Å². The van der Waals surface area contributed by atoms with E-state index in [0.717, 1.165) is 32.1 Å². The van der Waals surface area contributed by atoms with Gasteiger partial charge in [-0.25, -0.2) is 0 Å². The first-order valence-electron chi connectivity index (χ1n) is 7.02. The van der Waals surface area contributed by atoms with Crippen LogP contribution in [0.25, 0.3) is 0 Å². The quantitative estimate of drug-likeness (QED) is 0.691. The summed E-state index contributed by atoms with van der Waals surface area (Å²) >= 11 is 0. The zero-order valence-electron chi connectivity index (χ0n) is 11.6. The lowest BCUT2D eigenvalue weighted by atomic mass is 9.93. The molecule has 1 N–H and O–H groups in total. The topological polar surface area (TPSA) is 24.5 Å². The molecule has 0 spiro atoms. The molecule has 1 rings (SSSR count). The number of rotatable bonds is 8. The molecule has 1 saturated heterocycles. The van der Waals surface area contributed by atoms with Crippen LogP contribution in [0.2, 0.25) is 0 Å². The van der Waals surface area contributed by atoms with Crippen molar-refractivity contribution in [1.82, 2.24) is 10.2 Å². The summed E-state index contributed by atoms with van der Waals surface area (Å²) in [6.45, 7) is 3.10. The summed E-state index contributed by atoms with van der Waals surface area (Å²) in [5.41, 5.74) is 0. The average molecular weight is 282 g/mol. The molecule has 1 aliphatic rings. The normalized spacial score (nSPS) is 18.9. The molecular formula is C13H25F3N2O. The first-order chi connectivity index (χ1) is 9.01. The second-order valence-corrected chi connectivity index (χ2v) is 5.20. The van der Waals surface area contributed by atoms with E-state index in [4.69, 9.17) is 0 Å². The maximum atomic E-state index is 11.8. The molecule has 0 aliphatic carbocycles. The van der Waals surface area contributed by atoms with Crippen molar-refractivity contribution >= 4 is 0 Å². The van der Waals surface area contributed by atoms with Crippen LogP contribution in [0.3, 0.4) is 0 Å². The number of ether oxygens (including phenoxy) is 1. The van der Waals surface area contributed by atoms with Gasteiger partial charge in [-0.05, 0) is 58.3 Å². The zero-order chi connectivity index (χ0) is 14.1. The maximum absolute atomic E-state index is 11.8. The standard InChI is InChI=1S/C13H25F3N2O/c1-17-6-3-12-4-8-18(9-5-12)7-2-10-19-11-13(14,15)16/h12,17H,2-11H2,1H3. The SMILES string of the molecule is CNCCC1CCN(CCCOCC(F)(F)F)CC1. The third-order valence-electron chi connectivity index (χ3n) is 3.54. The lowest BCUT2D eigenvalue weighted by molar-refractivity contribution is -0.174. The molecule has 0 amide bonds. The Kier molecular flexibility index (Phi) is 7.71. The number of hydrogen-bond donors (Lipinski definition) is 1. The van der Waals surface area contributed by atoms with Crippen LogP contribution in [0.1, 0.15) is 25.7 Å². The molecule has 0 aromatic carbocycles. The molecule has 1 heterocycles. The lowest BCUT2D eigenvalue weighted by Crippen LogP contribution is -2.35. The highest BCUT2D eigenvalue weighted by molar-refractivity contribution is 4.72. The predicted octanol–water partition coefficient (Wildman–Crippen LogP) is 2.28. The van der Waals surface area contributed by atoms with E-state index in [9.17, 15) is 13.2 Å². The van der Waals surface area contributed by atoms with Crippen LogP contribution in [0.4, 0.5) is 13.2 Å². The summed E-state index contributed by atoms with van der Waals surface area (Å²) in [4.78, 5) is 2.33. The van der Waals surface area contributed by atoms with E-state index in [-0.39, 0.29) is 6.61 Å². The molecule has 19 heavy (non-hydrogen) atoms. The highest BCUT2D eigenvalue weighted by Gasteiger charge is 2.27. The number of halogens is 3. The van der Waals surface area contributed by atoms with Crippen LogP contribution in [0.15, 0.2) is 0 Å². The van der Waals surface area contributed by atoms with Gasteiger partial charge in [0.25, 0.3) is 0 Å². The maximum Gasteiger partial charge on any atom is 0.411 e. The van der Waals surface area contributed by atoms with E-state index in [1.54, 1.807) is 0 Å². The third-order valence-corrected chi connectivity index (χ3v) is 3.54. The fourth-order valence-corrected chi connectivity index (χ4v) is 2.43. The Bertz CT molecular complexity index is 228. The number of nitrogens with one attached hydrogen (secondary N) is 1. The summed E-state index contributed by atoms with van der Waals surface area (Å²) in [6.07, 6.45) is 0.0954. The van der Waals surface area contributed by atoms with Gasteiger partial charge in [-0.2, -0.15) is 13.2 Å². The van der Waals surface area contributed by atoms with E-state index >= 15 is 0 Å². The number of hydrogen-bond acceptors (Lipinski definition) is 3. The van der Waals surface area contributed by atoms with Gasteiger partial charge in [0.2, 0.25) is 0 Å². The average Bonchev–Trinajstić information content (AvgIpc) is 2.36. The van der Waals surface area contributed by atoms with Crippen LogP contribution < -0.4 is 5.32 Å². The van der Waals surface area contributed by atoms with E-state index in [1.165, 1.54) is 19.3 Å². The molecular weight excluding hydrogens is 257 g/mol. The lowest BCUT2D eigenvalue weighted by Gasteiger charge is -2.31. The van der Waals surface area contributed by atoms with Gasteiger partial charge < -0.3 is 15.0 Å². The summed E-state index contributed by atoms with van der Waals surface area (Å²) in [6, 6.07) is 0. The van der Waals surface area contributed by atoms with Gasteiger partial charge >= 0.3 is 6.18 Å². The summed E-state index contributed by atoms with van der Waals surface area (Å²) in [7, 11) is 1.97. The molecule has 0 aromatic rings. The molecule has 0 atom stereocenters. The van der Waals surface area contributed by atoms with Crippen LogP contribution in [-0.2, 0) is 4.74 Å².